The summed E-state index contributed by atoms with van der Waals surface area (Å²) in [6, 6.07) is 0. The number of hydrogen-bond acceptors (Lipinski definition) is 2. The lowest BCUT2D eigenvalue weighted by Gasteiger charge is -2.03. The Morgan fingerprint density at radius 1 is 1.31 bits per heavy atom. The van der Waals surface area contributed by atoms with Gasteiger partial charge in [-0.2, -0.15) is 0 Å². The molecule has 0 saturated carbocycles. The topological polar surface area (TPSA) is 58.2 Å². The van der Waals surface area contributed by atoms with Crippen LogP contribution in [0.4, 0.5) is 0 Å². The van der Waals surface area contributed by atoms with Gasteiger partial charge in [0.05, 0.1) is 13.0 Å². The summed E-state index contributed by atoms with van der Waals surface area (Å²) >= 11 is 0. The first-order chi connectivity index (χ1) is 6.20. The Kier molecular flexibility index (Phi) is 6.34. The van der Waals surface area contributed by atoms with Crippen LogP contribution in [0, 0.1) is 12.3 Å². The minimum Gasteiger partial charge on any atom is -0.355 e. The molecule has 0 saturated heterocycles. The maximum atomic E-state index is 10.9. The lowest BCUT2D eigenvalue weighted by Crippen LogP contribution is -2.36. The van der Waals surface area contributed by atoms with Crippen molar-refractivity contribution in [2.75, 3.05) is 13.1 Å². The second kappa shape index (κ2) is 7.17. The number of carbonyl (C=O) groups is 2. The van der Waals surface area contributed by atoms with Gasteiger partial charge in [0.15, 0.2) is 0 Å². The average Bonchev–Trinajstić information content (AvgIpc) is 2.12. The molecule has 0 atom stereocenters. The van der Waals surface area contributed by atoms with E-state index in [4.69, 9.17) is 6.42 Å². The van der Waals surface area contributed by atoms with Crippen molar-refractivity contribution in [2.24, 2.45) is 0 Å². The molecule has 72 valence electrons. The summed E-state index contributed by atoms with van der Waals surface area (Å²) in [6.45, 7) is 2.58. The molecule has 0 aromatic carbocycles. The summed E-state index contributed by atoms with van der Waals surface area (Å²) in [5.74, 6) is 1.71. The Balaban J connectivity index is 3.47. The van der Waals surface area contributed by atoms with Gasteiger partial charge in [0, 0.05) is 6.54 Å². The van der Waals surface area contributed by atoms with Crippen LogP contribution in [0.3, 0.4) is 0 Å². The van der Waals surface area contributed by atoms with Gasteiger partial charge < -0.3 is 10.6 Å². The number of terminal acetylenes is 1. The number of carbonyl (C=O) groups excluding carboxylic acids is 2. The van der Waals surface area contributed by atoms with Crippen LogP contribution < -0.4 is 10.6 Å². The van der Waals surface area contributed by atoms with Crippen molar-refractivity contribution in [2.45, 2.75) is 19.8 Å². The first-order valence-corrected chi connectivity index (χ1v) is 4.17. The van der Waals surface area contributed by atoms with Crippen molar-refractivity contribution in [3.8, 4) is 12.3 Å². The van der Waals surface area contributed by atoms with Crippen LogP contribution in [0.15, 0.2) is 0 Å². The standard InChI is InChI=1S/C9H14N2O2/c1-3-5-8(12)11-7-9(13)10-6-4-2/h1H,4-7H2,2H3,(H,10,13)(H,11,12). The minimum atomic E-state index is -0.297. The van der Waals surface area contributed by atoms with Crippen molar-refractivity contribution in [1.82, 2.24) is 10.6 Å². The van der Waals surface area contributed by atoms with E-state index in [-0.39, 0.29) is 24.8 Å². The Morgan fingerprint density at radius 2 is 2.00 bits per heavy atom. The highest BCUT2D eigenvalue weighted by Crippen LogP contribution is 1.75. The molecule has 4 nitrogen and oxygen atoms in total. The van der Waals surface area contributed by atoms with Crippen LogP contribution in [-0.4, -0.2) is 24.9 Å². The molecule has 13 heavy (non-hydrogen) atoms. The summed E-state index contributed by atoms with van der Waals surface area (Å²) in [5, 5.41) is 5.02. The van der Waals surface area contributed by atoms with E-state index in [9.17, 15) is 9.59 Å². The molecule has 0 spiro atoms. The Bertz CT molecular complexity index is 218. The van der Waals surface area contributed by atoms with Gasteiger partial charge in [-0.15, -0.1) is 6.42 Å². The van der Waals surface area contributed by atoms with E-state index in [1.807, 2.05) is 6.92 Å². The monoisotopic (exact) mass is 182 g/mol. The Labute approximate surface area is 78.1 Å². The van der Waals surface area contributed by atoms with Crippen LogP contribution in [0.5, 0.6) is 0 Å². The van der Waals surface area contributed by atoms with Gasteiger partial charge in [0.25, 0.3) is 0 Å². The fourth-order valence-electron chi connectivity index (χ4n) is 0.661. The predicted molar refractivity (Wildman–Crippen MR) is 49.8 cm³/mol. The Hall–Kier alpha value is -1.50. The van der Waals surface area contributed by atoms with Gasteiger partial charge in [-0.1, -0.05) is 12.8 Å². The molecule has 0 aromatic rings. The molecular formula is C9H14N2O2. The smallest absolute Gasteiger partial charge is 0.239 e. The highest BCUT2D eigenvalue weighted by molar-refractivity contribution is 5.85. The van der Waals surface area contributed by atoms with E-state index in [2.05, 4.69) is 16.6 Å². The van der Waals surface area contributed by atoms with E-state index in [0.717, 1.165) is 6.42 Å². The SMILES string of the molecule is C#CCC(=O)NCC(=O)NCCC. The van der Waals surface area contributed by atoms with Gasteiger partial charge >= 0.3 is 0 Å². The van der Waals surface area contributed by atoms with Crippen molar-refractivity contribution < 1.29 is 9.59 Å². The zero-order valence-electron chi connectivity index (χ0n) is 7.72. The van der Waals surface area contributed by atoms with Crippen LogP contribution >= 0.6 is 0 Å². The zero-order valence-corrected chi connectivity index (χ0v) is 7.72. The third-order valence-corrected chi connectivity index (χ3v) is 1.28. The van der Waals surface area contributed by atoms with Crippen molar-refractivity contribution >= 4 is 11.8 Å². The number of hydrogen-bond donors (Lipinski definition) is 2. The average molecular weight is 182 g/mol. The molecule has 2 amide bonds. The first-order valence-electron chi connectivity index (χ1n) is 4.17. The third kappa shape index (κ3) is 6.88. The summed E-state index contributed by atoms with van der Waals surface area (Å²) in [7, 11) is 0. The van der Waals surface area contributed by atoms with Gasteiger partial charge in [-0.3, -0.25) is 9.59 Å². The molecule has 0 bridgehead atoms. The van der Waals surface area contributed by atoms with Crippen LogP contribution in [0.25, 0.3) is 0 Å². The second-order valence-electron chi connectivity index (χ2n) is 2.51. The fourth-order valence-corrected chi connectivity index (χ4v) is 0.661. The summed E-state index contributed by atoms with van der Waals surface area (Å²) in [6.07, 6.45) is 5.80. The predicted octanol–water partition coefficient (Wildman–Crippen LogP) is -0.348. The number of rotatable bonds is 5. The maximum absolute atomic E-state index is 10.9. The summed E-state index contributed by atoms with van der Waals surface area (Å²) < 4.78 is 0. The van der Waals surface area contributed by atoms with E-state index in [0.29, 0.717) is 6.54 Å². The lowest BCUT2D eigenvalue weighted by atomic mass is 10.4. The van der Waals surface area contributed by atoms with E-state index in [1.165, 1.54) is 0 Å². The molecular weight excluding hydrogens is 168 g/mol. The quantitative estimate of drug-likeness (QED) is 0.571. The highest BCUT2D eigenvalue weighted by Gasteiger charge is 2.02. The van der Waals surface area contributed by atoms with Crippen LogP contribution in [-0.2, 0) is 9.59 Å². The minimum absolute atomic E-state index is 0.000509. The van der Waals surface area contributed by atoms with Gasteiger partial charge in [0.1, 0.15) is 0 Å². The zero-order chi connectivity index (χ0) is 10.1. The van der Waals surface area contributed by atoms with Crippen LogP contribution in [0.1, 0.15) is 19.8 Å². The number of nitrogens with one attached hydrogen (secondary N) is 2. The van der Waals surface area contributed by atoms with Gasteiger partial charge in [-0.25, -0.2) is 0 Å². The Morgan fingerprint density at radius 3 is 2.54 bits per heavy atom. The molecule has 0 aliphatic heterocycles. The molecule has 0 unspecified atom stereocenters. The van der Waals surface area contributed by atoms with Gasteiger partial charge in [-0.05, 0) is 6.42 Å². The normalized spacial score (nSPS) is 8.62. The number of amides is 2. The maximum Gasteiger partial charge on any atom is 0.239 e. The largest absolute Gasteiger partial charge is 0.355 e. The molecule has 0 fully saturated rings. The molecule has 0 rings (SSSR count). The lowest BCUT2D eigenvalue weighted by molar-refractivity contribution is -0.125. The molecule has 0 aromatic heterocycles. The second-order valence-corrected chi connectivity index (χ2v) is 2.51. The van der Waals surface area contributed by atoms with Crippen molar-refractivity contribution in [1.29, 1.82) is 0 Å². The first kappa shape index (κ1) is 11.5. The summed E-state index contributed by atoms with van der Waals surface area (Å²) in [4.78, 5) is 21.7. The van der Waals surface area contributed by atoms with Crippen LogP contribution in [0.2, 0.25) is 0 Å². The molecule has 0 radical (unpaired) electrons. The van der Waals surface area contributed by atoms with E-state index < -0.39 is 0 Å². The molecule has 0 aliphatic carbocycles. The van der Waals surface area contributed by atoms with Crippen molar-refractivity contribution in [3.63, 3.8) is 0 Å². The summed E-state index contributed by atoms with van der Waals surface area (Å²) in [5.41, 5.74) is 0. The van der Waals surface area contributed by atoms with Gasteiger partial charge in [0.2, 0.25) is 11.8 Å². The molecule has 0 heterocycles. The highest BCUT2D eigenvalue weighted by atomic mass is 16.2. The van der Waals surface area contributed by atoms with Crippen molar-refractivity contribution in [3.05, 3.63) is 0 Å². The van der Waals surface area contributed by atoms with E-state index in [1.54, 1.807) is 0 Å². The molecule has 2 N–H and O–H groups in total. The molecule has 0 aliphatic rings. The molecule has 4 heteroatoms. The third-order valence-electron chi connectivity index (χ3n) is 1.28. The fraction of sp³-hybridized carbons (Fsp3) is 0.556. The van der Waals surface area contributed by atoms with E-state index >= 15 is 0 Å².